The molecule has 7 heteroatoms. The van der Waals surface area contributed by atoms with E-state index in [0.717, 1.165) is 24.6 Å². The van der Waals surface area contributed by atoms with Crippen LogP contribution in [-0.2, 0) is 9.47 Å². The predicted molar refractivity (Wildman–Crippen MR) is 86.1 cm³/mol. The number of esters is 1. The maximum absolute atomic E-state index is 11.4. The number of anilines is 3. The van der Waals surface area contributed by atoms with Crippen molar-refractivity contribution in [2.45, 2.75) is 0 Å². The van der Waals surface area contributed by atoms with Gasteiger partial charge in [0.25, 0.3) is 0 Å². The van der Waals surface area contributed by atoms with E-state index in [1.165, 1.54) is 13.4 Å². The summed E-state index contributed by atoms with van der Waals surface area (Å²) < 4.78 is 10.0. The summed E-state index contributed by atoms with van der Waals surface area (Å²) >= 11 is 0. The van der Waals surface area contributed by atoms with Crippen LogP contribution in [0.2, 0.25) is 0 Å². The molecule has 0 radical (unpaired) electrons. The summed E-state index contributed by atoms with van der Waals surface area (Å²) in [5.74, 6) is 1.22. The number of rotatable bonds is 4. The molecule has 1 fully saturated rings. The van der Waals surface area contributed by atoms with Crippen molar-refractivity contribution in [1.29, 1.82) is 0 Å². The Hall–Kier alpha value is -2.67. The van der Waals surface area contributed by atoms with E-state index < -0.39 is 0 Å². The van der Waals surface area contributed by atoms with Gasteiger partial charge in [-0.1, -0.05) is 0 Å². The quantitative estimate of drug-likeness (QED) is 0.863. The molecule has 1 aromatic carbocycles. The van der Waals surface area contributed by atoms with Gasteiger partial charge in [0.2, 0.25) is 0 Å². The Morgan fingerprint density at radius 3 is 2.65 bits per heavy atom. The molecule has 0 spiro atoms. The van der Waals surface area contributed by atoms with Crippen LogP contribution >= 0.6 is 0 Å². The molecular weight excluding hydrogens is 296 g/mol. The number of nitrogens with one attached hydrogen (secondary N) is 1. The number of carbonyl (C=O) groups is 1. The molecule has 2 aromatic rings. The van der Waals surface area contributed by atoms with Crippen LogP contribution < -0.4 is 10.2 Å². The number of ether oxygens (including phenoxy) is 2. The van der Waals surface area contributed by atoms with E-state index in [9.17, 15) is 4.79 Å². The SMILES string of the molecule is COC(=O)c1ccc(Nc2cc(N3CCOCC3)ncn2)cc1. The third-order valence-electron chi connectivity index (χ3n) is 3.57. The largest absolute Gasteiger partial charge is 0.465 e. The van der Waals surface area contributed by atoms with E-state index in [0.29, 0.717) is 24.6 Å². The minimum absolute atomic E-state index is 0.354. The highest BCUT2D eigenvalue weighted by Gasteiger charge is 2.13. The Kier molecular flexibility index (Phi) is 4.68. The number of methoxy groups -OCH3 is 1. The smallest absolute Gasteiger partial charge is 0.337 e. The maximum atomic E-state index is 11.4. The molecule has 120 valence electrons. The molecule has 0 unspecified atom stereocenters. The summed E-state index contributed by atoms with van der Waals surface area (Å²) in [6.07, 6.45) is 1.54. The molecule has 1 aromatic heterocycles. The van der Waals surface area contributed by atoms with E-state index in [-0.39, 0.29) is 5.97 Å². The van der Waals surface area contributed by atoms with Crippen LogP contribution in [0.4, 0.5) is 17.3 Å². The fourth-order valence-corrected chi connectivity index (χ4v) is 2.34. The summed E-state index contributed by atoms with van der Waals surface area (Å²) in [6.45, 7) is 3.07. The lowest BCUT2D eigenvalue weighted by Crippen LogP contribution is -2.36. The highest BCUT2D eigenvalue weighted by atomic mass is 16.5. The number of benzene rings is 1. The van der Waals surface area contributed by atoms with Crippen molar-refractivity contribution in [3.05, 3.63) is 42.2 Å². The summed E-state index contributed by atoms with van der Waals surface area (Å²) in [4.78, 5) is 22.1. The van der Waals surface area contributed by atoms with E-state index in [4.69, 9.17) is 4.74 Å². The number of aromatic nitrogens is 2. The Morgan fingerprint density at radius 2 is 1.96 bits per heavy atom. The van der Waals surface area contributed by atoms with Gasteiger partial charge in [-0.3, -0.25) is 0 Å². The first kappa shape index (κ1) is 15.2. The van der Waals surface area contributed by atoms with Crippen LogP contribution in [0.25, 0.3) is 0 Å². The first-order chi connectivity index (χ1) is 11.3. The lowest BCUT2D eigenvalue weighted by atomic mass is 10.2. The lowest BCUT2D eigenvalue weighted by Gasteiger charge is -2.27. The van der Waals surface area contributed by atoms with Gasteiger partial charge in [-0.25, -0.2) is 14.8 Å². The summed E-state index contributed by atoms with van der Waals surface area (Å²) in [5, 5.41) is 3.21. The molecule has 23 heavy (non-hydrogen) atoms. The first-order valence-corrected chi connectivity index (χ1v) is 7.36. The van der Waals surface area contributed by atoms with E-state index in [1.807, 2.05) is 18.2 Å². The zero-order valence-electron chi connectivity index (χ0n) is 12.9. The predicted octanol–water partition coefficient (Wildman–Crippen LogP) is 1.84. The third kappa shape index (κ3) is 3.75. The monoisotopic (exact) mass is 314 g/mol. The standard InChI is InChI=1S/C16H18N4O3/c1-22-16(21)12-2-4-13(5-3-12)19-14-10-15(18-11-17-14)20-6-8-23-9-7-20/h2-5,10-11H,6-9H2,1H3,(H,17,18,19). The summed E-state index contributed by atoms with van der Waals surface area (Å²) in [7, 11) is 1.36. The van der Waals surface area contributed by atoms with Gasteiger partial charge in [0, 0.05) is 24.8 Å². The molecule has 1 aliphatic rings. The van der Waals surface area contributed by atoms with E-state index >= 15 is 0 Å². The van der Waals surface area contributed by atoms with Crippen molar-refractivity contribution in [2.75, 3.05) is 43.6 Å². The van der Waals surface area contributed by atoms with Crippen molar-refractivity contribution in [3.63, 3.8) is 0 Å². The molecule has 0 saturated carbocycles. The molecule has 0 amide bonds. The number of nitrogens with zero attached hydrogens (tertiary/aromatic N) is 3. The van der Waals surface area contributed by atoms with Crippen LogP contribution in [0.3, 0.4) is 0 Å². The van der Waals surface area contributed by atoms with Gasteiger partial charge < -0.3 is 19.7 Å². The molecule has 3 rings (SSSR count). The highest BCUT2D eigenvalue weighted by molar-refractivity contribution is 5.89. The second-order valence-electron chi connectivity index (χ2n) is 5.05. The molecule has 1 aliphatic heterocycles. The first-order valence-electron chi connectivity index (χ1n) is 7.36. The molecule has 2 heterocycles. The lowest BCUT2D eigenvalue weighted by molar-refractivity contribution is 0.0601. The number of hydrogen-bond acceptors (Lipinski definition) is 7. The van der Waals surface area contributed by atoms with E-state index in [1.54, 1.807) is 12.1 Å². The minimum atomic E-state index is -0.354. The van der Waals surface area contributed by atoms with Gasteiger partial charge in [-0.05, 0) is 24.3 Å². The topological polar surface area (TPSA) is 76.6 Å². The molecule has 7 nitrogen and oxygen atoms in total. The van der Waals surface area contributed by atoms with Gasteiger partial charge in [-0.2, -0.15) is 0 Å². The van der Waals surface area contributed by atoms with Gasteiger partial charge in [0.05, 0.1) is 25.9 Å². The third-order valence-corrected chi connectivity index (χ3v) is 3.57. The van der Waals surface area contributed by atoms with Gasteiger partial charge in [0.15, 0.2) is 0 Å². The Morgan fingerprint density at radius 1 is 1.22 bits per heavy atom. The second-order valence-corrected chi connectivity index (χ2v) is 5.05. The van der Waals surface area contributed by atoms with Crippen LogP contribution in [0.5, 0.6) is 0 Å². The number of morpholine rings is 1. The molecule has 0 bridgehead atoms. The number of carbonyl (C=O) groups excluding carboxylic acids is 1. The molecular formula is C16H18N4O3. The van der Waals surface area contributed by atoms with Crippen LogP contribution in [-0.4, -0.2) is 49.4 Å². The van der Waals surface area contributed by atoms with Gasteiger partial charge in [-0.15, -0.1) is 0 Å². The summed E-state index contributed by atoms with van der Waals surface area (Å²) in [6, 6.07) is 8.93. The van der Waals surface area contributed by atoms with Crippen LogP contribution in [0, 0.1) is 0 Å². The molecule has 1 saturated heterocycles. The average molecular weight is 314 g/mol. The van der Waals surface area contributed by atoms with Crippen molar-refractivity contribution in [1.82, 2.24) is 9.97 Å². The minimum Gasteiger partial charge on any atom is -0.465 e. The van der Waals surface area contributed by atoms with Crippen molar-refractivity contribution in [3.8, 4) is 0 Å². The van der Waals surface area contributed by atoms with Crippen molar-refractivity contribution >= 4 is 23.3 Å². The highest BCUT2D eigenvalue weighted by Crippen LogP contribution is 2.19. The van der Waals surface area contributed by atoms with Crippen molar-refractivity contribution < 1.29 is 14.3 Å². The fourth-order valence-electron chi connectivity index (χ4n) is 2.34. The average Bonchev–Trinajstić information content (AvgIpc) is 2.63. The second kappa shape index (κ2) is 7.06. The van der Waals surface area contributed by atoms with Gasteiger partial charge >= 0.3 is 5.97 Å². The van der Waals surface area contributed by atoms with Crippen molar-refractivity contribution in [2.24, 2.45) is 0 Å². The van der Waals surface area contributed by atoms with Crippen LogP contribution in [0.1, 0.15) is 10.4 Å². The fraction of sp³-hybridized carbons (Fsp3) is 0.312. The summed E-state index contributed by atoms with van der Waals surface area (Å²) in [5.41, 5.74) is 1.35. The Bertz CT molecular complexity index is 669. The molecule has 0 atom stereocenters. The normalized spacial score (nSPS) is 14.4. The Labute approximate surface area is 134 Å². The maximum Gasteiger partial charge on any atom is 0.337 e. The zero-order valence-corrected chi connectivity index (χ0v) is 12.9. The van der Waals surface area contributed by atoms with Crippen LogP contribution in [0.15, 0.2) is 36.7 Å². The number of hydrogen-bond donors (Lipinski definition) is 1. The zero-order chi connectivity index (χ0) is 16.1. The molecule has 0 aliphatic carbocycles. The molecule has 1 N–H and O–H groups in total. The van der Waals surface area contributed by atoms with E-state index in [2.05, 4.69) is 24.9 Å². The van der Waals surface area contributed by atoms with Gasteiger partial charge in [0.1, 0.15) is 18.0 Å². The Balaban J connectivity index is 1.71.